The van der Waals surface area contributed by atoms with E-state index in [1.54, 1.807) is 0 Å². The zero-order valence-electron chi connectivity index (χ0n) is 12.7. The average Bonchev–Trinajstić information content (AvgIpc) is 2.32. The minimum absolute atomic E-state index is 0.660. The maximum atomic E-state index is 3.66. The van der Waals surface area contributed by atoms with Crippen molar-refractivity contribution in [1.29, 1.82) is 0 Å². The molecule has 0 spiro atoms. The van der Waals surface area contributed by atoms with Crippen molar-refractivity contribution in [2.24, 2.45) is 5.92 Å². The molecule has 106 valence electrons. The fourth-order valence-electron chi connectivity index (χ4n) is 3.52. The van der Waals surface area contributed by atoms with E-state index in [-0.39, 0.29) is 0 Å². The lowest BCUT2D eigenvalue weighted by Crippen LogP contribution is -2.60. The number of nitrogens with zero attached hydrogens (tertiary/aromatic N) is 2. The second kappa shape index (κ2) is 6.36. The predicted octanol–water partition coefficient (Wildman–Crippen LogP) is 1.79. The number of hydrogen-bond acceptors (Lipinski definition) is 3. The van der Waals surface area contributed by atoms with Crippen LogP contribution in [0.4, 0.5) is 0 Å². The van der Waals surface area contributed by atoms with Crippen molar-refractivity contribution < 1.29 is 0 Å². The highest BCUT2D eigenvalue weighted by atomic mass is 15.3. The minimum Gasteiger partial charge on any atom is -0.311 e. The van der Waals surface area contributed by atoms with E-state index in [2.05, 4.69) is 42.9 Å². The van der Waals surface area contributed by atoms with Gasteiger partial charge in [-0.15, -0.1) is 0 Å². The third-order valence-corrected chi connectivity index (χ3v) is 4.56. The summed E-state index contributed by atoms with van der Waals surface area (Å²) in [6.45, 7) is 12.0. The second-order valence-corrected chi connectivity index (χ2v) is 6.82. The molecule has 2 fully saturated rings. The van der Waals surface area contributed by atoms with Crippen LogP contribution in [-0.2, 0) is 0 Å². The third-order valence-electron chi connectivity index (χ3n) is 4.56. The lowest BCUT2D eigenvalue weighted by Gasteiger charge is -2.47. The first-order valence-electron chi connectivity index (χ1n) is 7.74. The summed E-state index contributed by atoms with van der Waals surface area (Å²) in [4.78, 5) is 5.30. The summed E-state index contributed by atoms with van der Waals surface area (Å²) in [5, 5.41) is 3.66. The van der Waals surface area contributed by atoms with Crippen LogP contribution in [-0.4, -0.2) is 61.2 Å². The molecule has 1 N–H and O–H groups in total. The quantitative estimate of drug-likeness (QED) is 0.827. The van der Waals surface area contributed by atoms with E-state index >= 15 is 0 Å². The van der Waals surface area contributed by atoms with Crippen LogP contribution >= 0.6 is 0 Å². The van der Waals surface area contributed by atoms with Crippen LogP contribution in [0.15, 0.2) is 0 Å². The maximum absolute atomic E-state index is 3.66. The smallest absolute Gasteiger partial charge is 0.0226 e. The Morgan fingerprint density at radius 3 is 2.50 bits per heavy atom. The fourth-order valence-corrected chi connectivity index (χ4v) is 3.52. The van der Waals surface area contributed by atoms with Gasteiger partial charge in [0.15, 0.2) is 0 Å². The van der Waals surface area contributed by atoms with E-state index in [0.717, 1.165) is 18.0 Å². The van der Waals surface area contributed by atoms with Crippen molar-refractivity contribution >= 4 is 0 Å². The van der Waals surface area contributed by atoms with Gasteiger partial charge in [0, 0.05) is 31.2 Å². The van der Waals surface area contributed by atoms with Crippen molar-refractivity contribution in [3.05, 3.63) is 0 Å². The largest absolute Gasteiger partial charge is 0.311 e. The van der Waals surface area contributed by atoms with E-state index < -0.39 is 0 Å². The number of piperazine rings is 1. The lowest BCUT2D eigenvalue weighted by atomic mass is 9.94. The summed E-state index contributed by atoms with van der Waals surface area (Å²) >= 11 is 0. The highest BCUT2D eigenvalue weighted by Crippen LogP contribution is 2.23. The molecule has 0 aromatic heterocycles. The van der Waals surface area contributed by atoms with Crippen LogP contribution in [0.25, 0.3) is 0 Å². The summed E-state index contributed by atoms with van der Waals surface area (Å²) in [5.41, 5.74) is 0. The van der Waals surface area contributed by atoms with E-state index in [1.807, 2.05) is 0 Å². The SMILES string of the molecule is CC(C)CC1CNC(C)CN1C1CCN(C)CC1. The monoisotopic (exact) mass is 253 g/mol. The molecule has 2 unspecified atom stereocenters. The van der Waals surface area contributed by atoms with Crippen molar-refractivity contribution in [3.8, 4) is 0 Å². The molecule has 2 saturated heterocycles. The zero-order valence-corrected chi connectivity index (χ0v) is 12.7. The molecule has 0 amide bonds. The molecule has 2 rings (SSSR count). The molecule has 2 aliphatic heterocycles. The summed E-state index contributed by atoms with van der Waals surface area (Å²) in [6.07, 6.45) is 4.06. The van der Waals surface area contributed by atoms with Crippen LogP contribution in [0.2, 0.25) is 0 Å². The first-order chi connectivity index (χ1) is 8.56. The molecular formula is C15H31N3. The summed E-state index contributed by atoms with van der Waals surface area (Å²) in [5.74, 6) is 0.805. The minimum atomic E-state index is 0.660. The van der Waals surface area contributed by atoms with E-state index in [9.17, 15) is 0 Å². The second-order valence-electron chi connectivity index (χ2n) is 6.82. The molecule has 2 aliphatic rings. The Labute approximate surface area is 113 Å². The molecule has 0 aliphatic carbocycles. The molecule has 18 heavy (non-hydrogen) atoms. The van der Waals surface area contributed by atoms with Crippen LogP contribution in [0.1, 0.15) is 40.0 Å². The van der Waals surface area contributed by atoms with Crippen molar-refractivity contribution in [2.45, 2.75) is 58.2 Å². The first kappa shape index (κ1) is 14.3. The van der Waals surface area contributed by atoms with Gasteiger partial charge >= 0.3 is 0 Å². The number of piperidine rings is 1. The zero-order chi connectivity index (χ0) is 13.1. The molecule has 2 atom stereocenters. The predicted molar refractivity (Wildman–Crippen MR) is 77.9 cm³/mol. The standard InChI is InChI=1S/C15H31N3/c1-12(2)9-15-10-16-13(3)11-18(15)14-5-7-17(4)8-6-14/h12-16H,5-11H2,1-4H3. The Hall–Kier alpha value is -0.120. The molecule has 3 heteroatoms. The number of hydrogen-bond donors (Lipinski definition) is 1. The number of nitrogens with one attached hydrogen (secondary N) is 1. The maximum Gasteiger partial charge on any atom is 0.0226 e. The van der Waals surface area contributed by atoms with Gasteiger partial charge in [0.2, 0.25) is 0 Å². The lowest BCUT2D eigenvalue weighted by molar-refractivity contribution is 0.0413. The van der Waals surface area contributed by atoms with E-state index in [0.29, 0.717) is 6.04 Å². The Morgan fingerprint density at radius 1 is 1.22 bits per heavy atom. The summed E-state index contributed by atoms with van der Waals surface area (Å²) in [7, 11) is 2.25. The summed E-state index contributed by atoms with van der Waals surface area (Å²) in [6, 6.07) is 2.25. The Kier molecular flexibility index (Phi) is 5.05. The van der Waals surface area contributed by atoms with Gasteiger partial charge in [0.1, 0.15) is 0 Å². The summed E-state index contributed by atoms with van der Waals surface area (Å²) < 4.78 is 0. The number of rotatable bonds is 3. The van der Waals surface area contributed by atoms with Crippen LogP contribution in [0.3, 0.4) is 0 Å². The highest BCUT2D eigenvalue weighted by Gasteiger charge is 2.32. The molecule has 0 bridgehead atoms. The van der Waals surface area contributed by atoms with Gasteiger partial charge in [0.05, 0.1) is 0 Å². The van der Waals surface area contributed by atoms with Crippen LogP contribution < -0.4 is 5.32 Å². The van der Waals surface area contributed by atoms with Gasteiger partial charge in [0.25, 0.3) is 0 Å². The fraction of sp³-hybridized carbons (Fsp3) is 1.00. The van der Waals surface area contributed by atoms with Crippen molar-refractivity contribution in [3.63, 3.8) is 0 Å². The van der Waals surface area contributed by atoms with Gasteiger partial charge in [-0.05, 0) is 52.2 Å². The normalized spacial score (nSPS) is 33.2. The first-order valence-corrected chi connectivity index (χ1v) is 7.74. The van der Waals surface area contributed by atoms with E-state index in [4.69, 9.17) is 0 Å². The average molecular weight is 253 g/mol. The molecule has 3 nitrogen and oxygen atoms in total. The molecule has 0 aromatic carbocycles. The van der Waals surface area contributed by atoms with Gasteiger partial charge in [-0.25, -0.2) is 0 Å². The Bertz CT molecular complexity index is 246. The molecule has 0 aromatic rings. The molecular weight excluding hydrogens is 222 g/mol. The topological polar surface area (TPSA) is 18.5 Å². The van der Waals surface area contributed by atoms with Crippen molar-refractivity contribution in [1.82, 2.24) is 15.1 Å². The van der Waals surface area contributed by atoms with Crippen LogP contribution in [0.5, 0.6) is 0 Å². The van der Waals surface area contributed by atoms with Crippen molar-refractivity contribution in [2.75, 3.05) is 33.2 Å². The Balaban J connectivity index is 1.96. The van der Waals surface area contributed by atoms with Gasteiger partial charge < -0.3 is 10.2 Å². The van der Waals surface area contributed by atoms with Crippen LogP contribution in [0, 0.1) is 5.92 Å². The Morgan fingerprint density at radius 2 is 1.89 bits per heavy atom. The van der Waals surface area contributed by atoms with Gasteiger partial charge in [-0.3, -0.25) is 4.90 Å². The van der Waals surface area contributed by atoms with Gasteiger partial charge in [-0.1, -0.05) is 13.8 Å². The van der Waals surface area contributed by atoms with Gasteiger partial charge in [-0.2, -0.15) is 0 Å². The highest BCUT2D eigenvalue weighted by molar-refractivity contribution is 4.90. The molecule has 0 saturated carbocycles. The van der Waals surface area contributed by atoms with E-state index in [1.165, 1.54) is 45.4 Å². The molecule has 2 heterocycles. The number of likely N-dealkylation sites (tertiary alicyclic amines) is 1. The molecule has 0 radical (unpaired) electrons. The third kappa shape index (κ3) is 3.69.